The van der Waals surface area contributed by atoms with Gasteiger partial charge in [-0.05, 0) is 43.2 Å². The molecule has 0 saturated heterocycles. The van der Waals surface area contributed by atoms with E-state index in [4.69, 9.17) is 11.6 Å². The monoisotopic (exact) mass is 257 g/mol. The Morgan fingerprint density at radius 3 is 3.06 bits per heavy atom. The van der Waals surface area contributed by atoms with Gasteiger partial charge in [-0.15, -0.1) is 11.3 Å². The standard InChI is InChI=1S/C12H16ClNOS/c13-12-5-8-9(3-4-11(8)16-12)14-6-10(15)7-1-2-7/h5,7,9-10,14-15H,1-4,6H2. The summed E-state index contributed by atoms with van der Waals surface area (Å²) in [6, 6.07) is 2.49. The van der Waals surface area contributed by atoms with Gasteiger partial charge in [-0.1, -0.05) is 11.6 Å². The fourth-order valence-electron chi connectivity index (χ4n) is 2.45. The van der Waals surface area contributed by atoms with Gasteiger partial charge < -0.3 is 10.4 Å². The van der Waals surface area contributed by atoms with Gasteiger partial charge in [0.1, 0.15) is 0 Å². The molecule has 4 heteroatoms. The minimum atomic E-state index is -0.154. The lowest BCUT2D eigenvalue weighted by Crippen LogP contribution is -2.30. The summed E-state index contributed by atoms with van der Waals surface area (Å²) in [4.78, 5) is 1.42. The molecular formula is C12H16ClNOS. The summed E-state index contributed by atoms with van der Waals surface area (Å²) in [6.45, 7) is 0.724. The lowest BCUT2D eigenvalue weighted by molar-refractivity contribution is 0.144. The molecule has 2 unspecified atom stereocenters. The van der Waals surface area contributed by atoms with Gasteiger partial charge in [0.2, 0.25) is 0 Å². The minimum absolute atomic E-state index is 0.154. The third-order valence-corrected chi connectivity index (χ3v) is 4.93. The van der Waals surface area contributed by atoms with E-state index in [0.29, 0.717) is 12.0 Å². The van der Waals surface area contributed by atoms with E-state index in [1.165, 1.54) is 23.3 Å². The zero-order chi connectivity index (χ0) is 11.1. The largest absolute Gasteiger partial charge is 0.392 e. The zero-order valence-corrected chi connectivity index (χ0v) is 10.7. The molecular weight excluding hydrogens is 242 g/mol. The normalized spacial score (nSPS) is 25.8. The Kier molecular flexibility index (Phi) is 2.96. The van der Waals surface area contributed by atoms with E-state index in [2.05, 4.69) is 11.4 Å². The number of aryl methyl sites for hydroxylation is 1. The van der Waals surface area contributed by atoms with Crippen molar-refractivity contribution in [1.82, 2.24) is 5.32 Å². The van der Waals surface area contributed by atoms with Gasteiger partial charge in [-0.3, -0.25) is 0 Å². The van der Waals surface area contributed by atoms with Gasteiger partial charge in [-0.25, -0.2) is 0 Å². The van der Waals surface area contributed by atoms with Crippen LogP contribution < -0.4 is 5.32 Å². The second-order valence-corrected chi connectivity index (χ2v) is 6.60. The smallest absolute Gasteiger partial charge is 0.0934 e. The predicted octanol–water partition coefficient (Wildman–Crippen LogP) is 2.75. The molecule has 0 aliphatic heterocycles. The summed E-state index contributed by atoms with van der Waals surface area (Å²) >= 11 is 7.70. The number of aliphatic hydroxyl groups excluding tert-OH is 1. The van der Waals surface area contributed by atoms with Gasteiger partial charge in [0, 0.05) is 17.5 Å². The van der Waals surface area contributed by atoms with Crippen molar-refractivity contribution in [3.05, 3.63) is 20.8 Å². The Balaban J connectivity index is 1.59. The van der Waals surface area contributed by atoms with Crippen LogP contribution in [0.3, 0.4) is 0 Å². The molecule has 1 aromatic rings. The maximum atomic E-state index is 9.82. The Morgan fingerprint density at radius 1 is 1.50 bits per heavy atom. The van der Waals surface area contributed by atoms with Gasteiger partial charge >= 0.3 is 0 Å². The summed E-state index contributed by atoms with van der Waals surface area (Å²) < 4.78 is 0.888. The number of halogens is 1. The second kappa shape index (κ2) is 4.30. The van der Waals surface area contributed by atoms with Crippen LogP contribution in [0.25, 0.3) is 0 Å². The third-order valence-electron chi connectivity index (χ3n) is 3.59. The molecule has 16 heavy (non-hydrogen) atoms. The number of hydrogen-bond acceptors (Lipinski definition) is 3. The fraction of sp³-hybridized carbons (Fsp3) is 0.667. The number of thiophene rings is 1. The Morgan fingerprint density at radius 2 is 2.31 bits per heavy atom. The Bertz CT molecular complexity index is 388. The lowest BCUT2D eigenvalue weighted by Gasteiger charge is -2.16. The molecule has 1 saturated carbocycles. The summed E-state index contributed by atoms with van der Waals surface area (Å²) in [5.74, 6) is 0.555. The highest BCUT2D eigenvalue weighted by molar-refractivity contribution is 7.16. The Labute approximate surface area is 105 Å². The number of hydrogen-bond donors (Lipinski definition) is 2. The van der Waals surface area contributed by atoms with Crippen molar-refractivity contribution in [1.29, 1.82) is 0 Å². The summed E-state index contributed by atoms with van der Waals surface area (Å²) in [7, 11) is 0. The molecule has 2 N–H and O–H groups in total. The van der Waals surface area contributed by atoms with Crippen LogP contribution in [-0.2, 0) is 6.42 Å². The first-order chi connectivity index (χ1) is 7.74. The van der Waals surface area contributed by atoms with E-state index >= 15 is 0 Å². The van der Waals surface area contributed by atoms with Gasteiger partial charge in [-0.2, -0.15) is 0 Å². The van der Waals surface area contributed by atoms with Gasteiger partial charge in [0.15, 0.2) is 0 Å². The van der Waals surface area contributed by atoms with E-state index in [0.717, 1.165) is 23.7 Å². The van der Waals surface area contributed by atoms with Gasteiger partial charge in [0.25, 0.3) is 0 Å². The lowest BCUT2D eigenvalue weighted by atomic mass is 10.1. The van der Waals surface area contributed by atoms with Crippen LogP contribution in [0.2, 0.25) is 4.34 Å². The average Bonchev–Trinajstić information content (AvgIpc) is 2.95. The summed E-state index contributed by atoms with van der Waals surface area (Å²) in [5.41, 5.74) is 1.36. The van der Waals surface area contributed by atoms with Crippen molar-refractivity contribution >= 4 is 22.9 Å². The molecule has 2 nitrogen and oxygen atoms in total. The van der Waals surface area contributed by atoms with Crippen molar-refractivity contribution in [2.75, 3.05) is 6.54 Å². The average molecular weight is 258 g/mol. The van der Waals surface area contributed by atoms with Crippen molar-refractivity contribution in [3.63, 3.8) is 0 Å². The minimum Gasteiger partial charge on any atom is -0.392 e. The highest BCUT2D eigenvalue weighted by Gasteiger charge is 2.31. The van der Waals surface area contributed by atoms with E-state index < -0.39 is 0 Å². The number of fused-ring (bicyclic) bond motifs is 1. The zero-order valence-electron chi connectivity index (χ0n) is 9.08. The molecule has 0 aromatic carbocycles. The van der Waals surface area contributed by atoms with Crippen LogP contribution in [0, 0.1) is 5.92 Å². The van der Waals surface area contributed by atoms with E-state index in [1.807, 2.05) is 0 Å². The van der Waals surface area contributed by atoms with E-state index in [-0.39, 0.29) is 6.10 Å². The molecule has 3 rings (SSSR count). The summed E-state index contributed by atoms with van der Waals surface area (Å²) in [5, 5.41) is 13.3. The number of aliphatic hydroxyl groups is 1. The molecule has 2 aliphatic carbocycles. The third kappa shape index (κ3) is 2.14. The summed E-state index contributed by atoms with van der Waals surface area (Å²) in [6.07, 6.45) is 4.52. The maximum Gasteiger partial charge on any atom is 0.0934 e. The second-order valence-electron chi connectivity index (χ2n) is 4.83. The molecule has 2 aliphatic rings. The fourth-order valence-corrected chi connectivity index (χ4v) is 3.81. The van der Waals surface area contributed by atoms with Crippen molar-refractivity contribution in [3.8, 4) is 0 Å². The maximum absolute atomic E-state index is 9.82. The molecule has 0 radical (unpaired) electrons. The molecule has 0 spiro atoms. The molecule has 1 heterocycles. The van der Waals surface area contributed by atoms with E-state index in [1.54, 1.807) is 11.3 Å². The highest BCUT2D eigenvalue weighted by atomic mass is 35.5. The predicted molar refractivity (Wildman–Crippen MR) is 67.1 cm³/mol. The molecule has 0 amide bonds. The first-order valence-electron chi connectivity index (χ1n) is 5.93. The van der Waals surface area contributed by atoms with Crippen LogP contribution in [-0.4, -0.2) is 17.8 Å². The molecule has 1 fully saturated rings. The van der Waals surface area contributed by atoms with Gasteiger partial charge in [0.05, 0.1) is 10.4 Å². The van der Waals surface area contributed by atoms with Crippen LogP contribution in [0.5, 0.6) is 0 Å². The van der Waals surface area contributed by atoms with Crippen LogP contribution in [0.1, 0.15) is 35.7 Å². The van der Waals surface area contributed by atoms with E-state index in [9.17, 15) is 5.11 Å². The quantitative estimate of drug-likeness (QED) is 0.869. The molecule has 88 valence electrons. The molecule has 2 atom stereocenters. The van der Waals surface area contributed by atoms with Crippen molar-refractivity contribution < 1.29 is 5.11 Å². The topological polar surface area (TPSA) is 32.3 Å². The van der Waals surface area contributed by atoms with Crippen LogP contribution in [0.4, 0.5) is 0 Å². The SMILES string of the molecule is OC(CNC1CCc2sc(Cl)cc21)C1CC1. The van der Waals surface area contributed by atoms with Crippen LogP contribution in [0.15, 0.2) is 6.07 Å². The van der Waals surface area contributed by atoms with Crippen LogP contribution >= 0.6 is 22.9 Å². The highest BCUT2D eigenvalue weighted by Crippen LogP contribution is 2.39. The Hall–Kier alpha value is -0.0900. The first kappa shape index (κ1) is 11.0. The van der Waals surface area contributed by atoms with Crippen molar-refractivity contribution in [2.24, 2.45) is 5.92 Å². The van der Waals surface area contributed by atoms with Crippen molar-refractivity contribution in [2.45, 2.75) is 37.8 Å². The molecule has 1 aromatic heterocycles. The number of nitrogens with one attached hydrogen (secondary N) is 1. The number of rotatable bonds is 4. The first-order valence-corrected chi connectivity index (χ1v) is 7.13. The molecule has 0 bridgehead atoms.